The van der Waals surface area contributed by atoms with E-state index in [2.05, 4.69) is 5.32 Å². The molecule has 0 atom stereocenters. The van der Waals surface area contributed by atoms with E-state index in [0.29, 0.717) is 51.8 Å². The topological polar surface area (TPSA) is 107 Å². The minimum atomic E-state index is -1.26. The van der Waals surface area contributed by atoms with Crippen molar-refractivity contribution in [3.8, 4) is 0 Å². The lowest BCUT2D eigenvalue weighted by molar-refractivity contribution is -0.134. The second kappa shape index (κ2) is 12.7. The van der Waals surface area contributed by atoms with E-state index in [4.69, 9.17) is 45.0 Å². The summed E-state index contributed by atoms with van der Waals surface area (Å²) in [5, 5.41) is 20.0. The number of aliphatic carboxylic acids is 2. The van der Waals surface area contributed by atoms with Crippen LogP contribution in [-0.2, 0) is 14.4 Å². The summed E-state index contributed by atoms with van der Waals surface area (Å²) in [5.41, 5.74) is 0.632. The smallest absolute Gasteiger partial charge is 0.328 e. The van der Waals surface area contributed by atoms with Gasteiger partial charge in [0.15, 0.2) is 0 Å². The molecule has 1 saturated heterocycles. The van der Waals surface area contributed by atoms with Gasteiger partial charge in [0, 0.05) is 25.1 Å². The summed E-state index contributed by atoms with van der Waals surface area (Å²) in [6, 6.07) is 3.42. The van der Waals surface area contributed by atoms with Gasteiger partial charge in [0.25, 0.3) is 0 Å². The SMILES string of the molecule is CCN(C(=O)CC1CCNCC1)c1ccc(Cl)c(Cl)c1Cl.O=C(O)/C=C/C(=O)O. The van der Waals surface area contributed by atoms with Crippen LogP contribution in [0.3, 0.4) is 0 Å². The van der Waals surface area contributed by atoms with Gasteiger partial charge in [-0.2, -0.15) is 0 Å². The molecule has 1 aromatic carbocycles. The first-order valence-corrected chi connectivity index (χ1v) is 10.1. The summed E-state index contributed by atoms with van der Waals surface area (Å²) in [6.07, 6.45) is 3.74. The van der Waals surface area contributed by atoms with Gasteiger partial charge in [0.2, 0.25) is 5.91 Å². The van der Waals surface area contributed by atoms with Gasteiger partial charge in [-0.25, -0.2) is 9.59 Å². The minimum absolute atomic E-state index is 0.0877. The van der Waals surface area contributed by atoms with Crippen LogP contribution >= 0.6 is 34.8 Å². The van der Waals surface area contributed by atoms with E-state index in [9.17, 15) is 14.4 Å². The maximum absolute atomic E-state index is 12.6. The highest BCUT2D eigenvalue weighted by atomic mass is 35.5. The largest absolute Gasteiger partial charge is 0.478 e. The Morgan fingerprint density at radius 2 is 1.62 bits per heavy atom. The van der Waals surface area contributed by atoms with Gasteiger partial charge in [0.1, 0.15) is 0 Å². The van der Waals surface area contributed by atoms with Crippen molar-refractivity contribution < 1.29 is 24.6 Å². The first kappa shape index (κ1) is 25.2. The van der Waals surface area contributed by atoms with Crippen LogP contribution in [0.4, 0.5) is 5.69 Å². The zero-order valence-electron chi connectivity index (χ0n) is 15.8. The number of rotatable bonds is 6. The molecule has 0 aromatic heterocycles. The Kier molecular flexibility index (Phi) is 11.0. The summed E-state index contributed by atoms with van der Waals surface area (Å²) in [4.78, 5) is 33.4. The summed E-state index contributed by atoms with van der Waals surface area (Å²) in [5.74, 6) is -1.99. The highest BCUT2D eigenvalue weighted by Gasteiger charge is 2.23. The van der Waals surface area contributed by atoms with E-state index in [1.165, 1.54) is 0 Å². The van der Waals surface area contributed by atoms with Crippen molar-refractivity contribution in [3.05, 3.63) is 39.4 Å². The number of nitrogens with one attached hydrogen (secondary N) is 1. The molecule has 1 aliphatic heterocycles. The highest BCUT2D eigenvalue weighted by molar-refractivity contribution is 6.49. The number of halogens is 3. The fourth-order valence-corrected chi connectivity index (χ4v) is 3.42. The standard InChI is InChI=1S/C15H19Cl3N2O.C4H4O4/c1-2-20(12-4-3-11(16)14(17)15(12)18)13(21)9-10-5-7-19-8-6-10;5-3(6)1-2-4(7)8/h3-4,10,19H,2,5-9H2,1H3;1-2H,(H,5,6)(H,7,8)/b;2-1+. The predicted molar refractivity (Wildman–Crippen MR) is 114 cm³/mol. The molecule has 0 spiro atoms. The van der Waals surface area contributed by atoms with Crippen LogP contribution in [0.2, 0.25) is 15.1 Å². The van der Waals surface area contributed by atoms with E-state index in [-0.39, 0.29) is 5.91 Å². The fourth-order valence-electron chi connectivity index (χ4n) is 2.79. The molecule has 1 amide bonds. The summed E-state index contributed by atoms with van der Waals surface area (Å²) in [7, 11) is 0. The Balaban J connectivity index is 0.000000447. The molecule has 0 aliphatic carbocycles. The van der Waals surface area contributed by atoms with Crippen LogP contribution in [0.1, 0.15) is 26.2 Å². The van der Waals surface area contributed by atoms with Gasteiger partial charge in [-0.3, -0.25) is 4.79 Å². The fraction of sp³-hybridized carbons (Fsp3) is 0.421. The van der Waals surface area contributed by atoms with Crippen LogP contribution in [0.25, 0.3) is 0 Å². The van der Waals surface area contributed by atoms with E-state index in [1.54, 1.807) is 17.0 Å². The van der Waals surface area contributed by atoms with Crippen LogP contribution < -0.4 is 10.2 Å². The lowest BCUT2D eigenvalue weighted by Crippen LogP contribution is -2.35. The quantitative estimate of drug-likeness (QED) is 0.431. The maximum atomic E-state index is 12.6. The molecular weight excluding hydrogens is 443 g/mol. The first-order chi connectivity index (χ1) is 13.7. The Bertz CT molecular complexity index is 748. The summed E-state index contributed by atoms with van der Waals surface area (Å²) >= 11 is 18.3. The van der Waals surface area contributed by atoms with Gasteiger partial charge >= 0.3 is 11.9 Å². The van der Waals surface area contributed by atoms with Crippen molar-refractivity contribution >= 4 is 58.3 Å². The van der Waals surface area contributed by atoms with E-state index >= 15 is 0 Å². The number of amides is 1. The Labute approximate surface area is 184 Å². The molecule has 0 saturated carbocycles. The molecular formula is C19H23Cl3N2O5. The summed E-state index contributed by atoms with van der Waals surface area (Å²) < 4.78 is 0. The number of carbonyl (C=O) groups is 3. The number of carboxylic acids is 2. The number of anilines is 1. The van der Waals surface area contributed by atoms with Gasteiger partial charge in [0.05, 0.1) is 20.8 Å². The highest BCUT2D eigenvalue weighted by Crippen LogP contribution is 2.38. The van der Waals surface area contributed by atoms with Crippen LogP contribution in [0, 0.1) is 5.92 Å². The third-order valence-corrected chi connectivity index (χ3v) is 5.50. The first-order valence-electron chi connectivity index (χ1n) is 8.95. The van der Waals surface area contributed by atoms with Gasteiger partial charge in [-0.1, -0.05) is 34.8 Å². The van der Waals surface area contributed by atoms with E-state index < -0.39 is 11.9 Å². The molecule has 0 radical (unpaired) electrons. The minimum Gasteiger partial charge on any atom is -0.478 e. The number of benzene rings is 1. The molecule has 29 heavy (non-hydrogen) atoms. The van der Waals surface area contributed by atoms with Gasteiger partial charge < -0.3 is 20.4 Å². The van der Waals surface area contributed by atoms with Crippen molar-refractivity contribution in [1.29, 1.82) is 0 Å². The average Bonchev–Trinajstić information content (AvgIpc) is 2.68. The molecule has 160 valence electrons. The Morgan fingerprint density at radius 3 is 2.10 bits per heavy atom. The Hall–Kier alpha value is -1.80. The second-order valence-corrected chi connectivity index (χ2v) is 7.40. The van der Waals surface area contributed by atoms with E-state index in [0.717, 1.165) is 25.9 Å². The molecule has 1 heterocycles. The number of hydrogen-bond acceptors (Lipinski definition) is 4. The lowest BCUT2D eigenvalue weighted by atomic mass is 9.94. The van der Waals surface area contributed by atoms with Crippen LogP contribution in [-0.4, -0.2) is 47.7 Å². The van der Waals surface area contributed by atoms with Gasteiger partial charge in [-0.15, -0.1) is 0 Å². The second-order valence-electron chi connectivity index (χ2n) is 6.24. The molecule has 1 aromatic rings. The van der Waals surface area contributed by atoms with Crippen LogP contribution in [0.5, 0.6) is 0 Å². The molecule has 2 rings (SSSR count). The van der Waals surface area contributed by atoms with Crippen molar-refractivity contribution in [2.24, 2.45) is 5.92 Å². The molecule has 0 bridgehead atoms. The van der Waals surface area contributed by atoms with E-state index in [1.807, 2.05) is 6.92 Å². The normalized spacial score (nSPS) is 14.2. The molecule has 1 fully saturated rings. The zero-order chi connectivity index (χ0) is 22.0. The average molecular weight is 466 g/mol. The summed E-state index contributed by atoms with van der Waals surface area (Å²) in [6.45, 7) is 4.45. The van der Waals surface area contributed by atoms with Crippen molar-refractivity contribution in [3.63, 3.8) is 0 Å². The Morgan fingerprint density at radius 1 is 1.07 bits per heavy atom. The number of carbonyl (C=O) groups excluding carboxylic acids is 1. The molecule has 7 nitrogen and oxygen atoms in total. The third-order valence-electron chi connectivity index (χ3n) is 4.21. The number of nitrogens with zero attached hydrogens (tertiary/aromatic N) is 1. The maximum Gasteiger partial charge on any atom is 0.328 e. The van der Waals surface area contributed by atoms with Crippen molar-refractivity contribution in [1.82, 2.24) is 5.32 Å². The molecule has 1 aliphatic rings. The van der Waals surface area contributed by atoms with Gasteiger partial charge in [-0.05, 0) is 50.9 Å². The van der Waals surface area contributed by atoms with Crippen molar-refractivity contribution in [2.75, 3.05) is 24.5 Å². The number of carboxylic acid groups (broad SMARTS) is 2. The monoisotopic (exact) mass is 464 g/mol. The molecule has 10 heteroatoms. The van der Waals surface area contributed by atoms with Crippen molar-refractivity contribution in [2.45, 2.75) is 26.2 Å². The van der Waals surface area contributed by atoms with Crippen LogP contribution in [0.15, 0.2) is 24.3 Å². The molecule has 3 N–H and O–H groups in total. The number of piperidine rings is 1. The lowest BCUT2D eigenvalue weighted by Gasteiger charge is -2.27. The molecule has 0 unspecified atom stereocenters. The predicted octanol–water partition coefficient (Wildman–Crippen LogP) is 4.10. The third kappa shape index (κ3) is 8.62. The zero-order valence-corrected chi connectivity index (χ0v) is 18.1. The number of hydrogen-bond donors (Lipinski definition) is 3.